The number of likely N-dealkylation sites (tertiary alicyclic amines) is 1. The van der Waals surface area contributed by atoms with Crippen LogP contribution in [0, 0.1) is 5.41 Å². The maximum atomic E-state index is 12.1. The molecule has 0 saturated carbocycles. The van der Waals surface area contributed by atoms with Crippen LogP contribution in [-0.4, -0.2) is 48.5 Å². The molecule has 7 heteroatoms. The molecular weight excluding hydrogens is 292 g/mol. The fourth-order valence-corrected chi connectivity index (χ4v) is 4.33. The van der Waals surface area contributed by atoms with Gasteiger partial charge in [-0.3, -0.25) is 0 Å². The van der Waals surface area contributed by atoms with Gasteiger partial charge in [-0.25, -0.2) is 4.79 Å². The first-order chi connectivity index (χ1) is 9.85. The van der Waals surface area contributed by atoms with Gasteiger partial charge in [0, 0.05) is 18.5 Å². The van der Waals surface area contributed by atoms with Gasteiger partial charge in [-0.15, -0.1) is 0 Å². The predicted molar refractivity (Wildman–Crippen MR) is 78.7 cm³/mol. The van der Waals surface area contributed by atoms with Gasteiger partial charge in [-0.2, -0.15) is 4.31 Å². The third kappa shape index (κ3) is 2.40. The summed E-state index contributed by atoms with van der Waals surface area (Å²) in [4.78, 5) is 13.1. The number of carbonyl (C=O) groups is 1. The van der Waals surface area contributed by atoms with E-state index in [1.54, 1.807) is 4.90 Å². The van der Waals surface area contributed by atoms with Gasteiger partial charge < -0.3 is 14.2 Å². The molecule has 2 aliphatic rings. The quantitative estimate of drug-likeness (QED) is 0.733. The minimum Gasteiger partial charge on any atom is -0.593 e. The number of para-hydroxylation sites is 1. The van der Waals surface area contributed by atoms with Crippen molar-refractivity contribution in [2.75, 3.05) is 37.3 Å². The molecule has 0 bridgehead atoms. The smallest absolute Gasteiger partial charge is 0.409 e. The number of anilines is 1. The van der Waals surface area contributed by atoms with E-state index in [0.717, 1.165) is 17.7 Å². The molecule has 3 rings (SSSR count). The molecule has 1 fully saturated rings. The fourth-order valence-electron chi connectivity index (χ4n) is 3.28. The largest absolute Gasteiger partial charge is 0.593 e. The molecule has 114 valence electrons. The number of methoxy groups -OCH3 is 1. The highest BCUT2D eigenvalue weighted by Crippen LogP contribution is 2.44. The van der Waals surface area contributed by atoms with Crippen molar-refractivity contribution < 1.29 is 18.3 Å². The summed E-state index contributed by atoms with van der Waals surface area (Å²) in [5.74, 6) is 0. The molecule has 1 spiro atoms. The summed E-state index contributed by atoms with van der Waals surface area (Å²) in [7, 11) is -1.98. The van der Waals surface area contributed by atoms with E-state index in [0.29, 0.717) is 19.6 Å². The minimum absolute atomic E-state index is 0.203. The molecule has 1 aromatic rings. The zero-order chi connectivity index (χ0) is 15.3. The Kier molecular flexibility index (Phi) is 3.22. The highest BCUT2D eigenvalue weighted by Gasteiger charge is 2.51. The first-order valence-electron chi connectivity index (χ1n) is 6.73. The maximum absolute atomic E-state index is 12.1. The second-order valence-corrected chi connectivity index (χ2v) is 7.81. The first kappa shape index (κ1) is 14.3. The van der Waals surface area contributed by atoms with Crippen LogP contribution in [0.25, 0.3) is 0 Å². The van der Waals surface area contributed by atoms with Crippen molar-refractivity contribution >= 4 is 22.2 Å². The highest BCUT2D eigenvalue weighted by atomic mass is 32.3. The number of sulfonamides is 1. The van der Waals surface area contributed by atoms with E-state index < -0.39 is 10.4 Å². The standard InChI is InChI=1S/C14H18N2O4S/c1-20-13(17)15-8-14(9-15)7-11-5-3-4-6-12(11)16(10-14)21(2,18)19/h3-6H,7-10H2,1-2H3. The van der Waals surface area contributed by atoms with Crippen LogP contribution in [0.1, 0.15) is 5.56 Å². The van der Waals surface area contributed by atoms with Gasteiger partial charge in [0.05, 0.1) is 19.3 Å². The maximum Gasteiger partial charge on any atom is 0.409 e. The number of amides is 1. The van der Waals surface area contributed by atoms with Crippen LogP contribution >= 0.6 is 0 Å². The fraction of sp³-hybridized carbons (Fsp3) is 0.500. The van der Waals surface area contributed by atoms with Crippen LogP contribution in [0.15, 0.2) is 24.3 Å². The van der Waals surface area contributed by atoms with Crippen molar-refractivity contribution in [2.24, 2.45) is 5.41 Å². The number of nitrogens with zero attached hydrogens (tertiary/aromatic N) is 2. The van der Waals surface area contributed by atoms with Crippen molar-refractivity contribution in [3.63, 3.8) is 0 Å². The molecule has 1 unspecified atom stereocenters. The Labute approximate surface area is 125 Å². The van der Waals surface area contributed by atoms with E-state index in [1.807, 2.05) is 24.3 Å². The van der Waals surface area contributed by atoms with Crippen LogP contribution in [-0.2, 0) is 25.8 Å². The summed E-state index contributed by atoms with van der Waals surface area (Å²) in [6.45, 7) is 1.47. The number of ether oxygens (including phenoxy) is 1. The van der Waals surface area contributed by atoms with E-state index in [9.17, 15) is 13.6 Å². The summed E-state index contributed by atoms with van der Waals surface area (Å²) in [5, 5.41) is 0. The summed E-state index contributed by atoms with van der Waals surface area (Å²) >= 11 is 0. The average Bonchev–Trinajstić information content (AvgIpc) is 2.41. The molecule has 0 aliphatic carbocycles. The molecule has 0 radical (unpaired) electrons. The lowest BCUT2D eigenvalue weighted by Gasteiger charge is -2.53. The molecule has 0 N–H and O–H groups in total. The van der Waals surface area contributed by atoms with E-state index in [2.05, 4.69) is 0 Å². The second-order valence-electron chi connectivity index (χ2n) is 5.90. The van der Waals surface area contributed by atoms with E-state index in [1.165, 1.54) is 17.7 Å². The van der Waals surface area contributed by atoms with Crippen molar-refractivity contribution in [1.29, 1.82) is 0 Å². The SMILES string of the molecule is COC(=O)N1CC2(Cc3ccccc3N([S+](C)(=O)[O-])C2)C1. The Morgan fingerprint density at radius 3 is 2.62 bits per heavy atom. The number of benzene rings is 1. The van der Waals surface area contributed by atoms with Crippen molar-refractivity contribution in [3.8, 4) is 0 Å². The van der Waals surface area contributed by atoms with Crippen LogP contribution in [0.2, 0.25) is 0 Å². The number of hydrogen-bond acceptors (Lipinski definition) is 4. The Hall–Kier alpha value is -1.60. The molecule has 2 heterocycles. The van der Waals surface area contributed by atoms with Gasteiger partial charge in [0.2, 0.25) is 0 Å². The summed E-state index contributed by atoms with van der Waals surface area (Å²) in [6.07, 6.45) is 1.65. The monoisotopic (exact) mass is 310 g/mol. The lowest BCUT2D eigenvalue weighted by Crippen LogP contribution is -2.65. The summed E-state index contributed by atoms with van der Waals surface area (Å²) < 4.78 is 30.3. The van der Waals surface area contributed by atoms with Gasteiger partial charge in [-0.1, -0.05) is 22.4 Å². The van der Waals surface area contributed by atoms with Crippen molar-refractivity contribution in [1.82, 2.24) is 4.90 Å². The van der Waals surface area contributed by atoms with Gasteiger partial charge >= 0.3 is 6.09 Å². The molecule has 2 aliphatic heterocycles. The van der Waals surface area contributed by atoms with Crippen molar-refractivity contribution in [2.45, 2.75) is 6.42 Å². The van der Waals surface area contributed by atoms with E-state index in [-0.39, 0.29) is 11.5 Å². The number of hydrogen-bond donors (Lipinski definition) is 0. The Balaban J connectivity index is 1.89. The van der Waals surface area contributed by atoms with Gasteiger partial charge in [-0.05, 0) is 18.1 Å². The van der Waals surface area contributed by atoms with Gasteiger partial charge in [0.15, 0.2) is 0 Å². The third-order valence-corrected chi connectivity index (χ3v) is 5.32. The molecule has 0 aromatic heterocycles. The predicted octanol–water partition coefficient (Wildman–Crippen LogP) is 1.29. The zero-order valence-electron chi connectivity index (χ0n) is 12.1. The van der Waals surface area contributed by atoms with Crippen LogP contribution in [0.3, 0.4) is 0 Å². The Morgan fingerprint density at radius 1 is 1.33 bits per heavy atom. The minimum atomic E-state index is -3.33. The van der Waals surface area contributed by atoms with Crippen LogP contribution in [0.4, 0.5) is 10.5 Å². The molecule has 1 aromatic carbocycles. The van der Waals surface area contributed by atoms with Crippen molar-refractivity contribution in [3.05, 3.63) is 29.8 Å². The third-order valence-electron chi connectivity index (χ3n) is 4.19. The van der Waals surface area contributed by atoms with Crippen LogP contribution < -0.4 is 4.31 Å². The van der Waals surface area contributed by atoms with Gasteiger partial charge in [0.1, 0.15) is 16.7 Å². The summed E-state index contributed by atoms with van der Waals surface area (Å²) in [5.41, 5.74) is 1.56. The Morgan fingerprint density at radius 2 is 2.00 bits per heavy atom. The molecule has 21 heavy (non-hydrogen) atoms. The highest BCUT2D eigenvalue weighted by molar-refractivity contribution is 7.98. The molecular formula is C14H18N2O4S. The molecule has 6 nitrogen and oxygen atoms in total. The van der Waals surface area contributed by atoms with Crippen LogP contribution in [0.5, 0.6) is 0 Å². The number of rotatable bonds is 1. The number of carbonyl (C=O) groups excluding carboxylic acids is 1. The normalized spacial score (nSPS) is 22.2. The molecule has 1 atom stereocenters. The van der Waals surface area contributed by atoms with E-state index >= 15 is 0 Å². The molecule has 1 amide bonds. The first-order valence-corrected chi connectivity index (χ1v) is 8.58. The average molecular weight is 310 g/mol. The lowest BCUT2D eigenvalue weighted by atomic mass is 9.72. The summed E-state index contributed by atoms with van der Waals surface area (Å²) in [6, 6.07) is 7.54. The number of fused-ring (bicyclic) bond motifs is 1. The van der Waals surface area contributed by atoms with E-state index in [4.69, 9.17) is 4.74 Å². The zero-order valence-corrected chi connectivity index (χ0v) is 12.9. The molecule has 1 saturated heterocycles. The topological polar surface area (TPSA) is 72.9 Å². The van der Waals surface area contributed by atoms with Gasteiger partial charge in [0.25, 0.3) is 0 Å². The Bertz CT molecular complexity index is 621. The lowest BCUT2D eigenvalue weighted by molar-refractivity contribution is 0.00746. The second kappa shape index (κ2) is 4.71.